The molecule has 1 N–H and O–H groups in total. The second-order valence-corrected chi connectivity index (χ2v) is 8.79. The summed E-state index contributed by atoms with van der Waals surface area (Å²) in [6.45, 7) is 4.21. The highest BCUT2D eigenvalue weighted by Crippen LogP contribution is 2.42. The van der Waals surface area contributed by atoms with Crippen LogP contribution in [-0.2, 0) is 4.57 Å². The van der Waals surface area contributed by atoms with Crippen molar-refractivity contribution < 1.29 is 4.57 Å². The van der Waals surface area contributed by atoms with Gasteiger partial charge >= 0.3 is 0 Å². The molecule has 0 saturated heterocycles. The number of hydrogen-bond donors (Lipinski definition) is 1. The summed E-state index contributed by atoms with van der Waals surface area (Å²) in [6, 6.07) is 27.9. The second kappa shape index (κ2) is 7.82. The van der Waals surface area contributed by atoms with Crippen molar-refractivity contribution in [2.75, 3.05) is 0 Å². The normalized spacial score (nSPS) is 12.7. The van der Waals surface area contributed by atoms with E-state index in [4.69, 9.17) is 0 Å². The van der Waals surface area contributed by atoms with Gasteiger partial charge in [-0.25, -0.2) is 0 Å². The van der Waals surface area contributed by atoms with Crippen LogP contribution >= 0.6 is 7.29 Å². The third-order valence-corrected chi connectivity index (χ3v) is 7.16. The molecule has 0 amide bonds. The fourth-order valence-electron chi connectivity index (χ4n) is 3.08. The van der Waals surface area contributed by atoms with Gasteiger partial charge in [0.2, 0.25) is 7.29 Å². The number of rotatable bonds is 6. The van der Waals surface area contributed by atoms with Gasteiger partial charge in [0.1, 0.15) is 0 Å². The minimum absolute atomic E-state index is 0.0335. The maximum atomic E-state index is 14.1. The zero-order valence-electron chi connectivity index (χ0n) is 14.7. The van der Waals surface area contributed by atoms with E-state index in [-0.39, 0.29) is 6.04 Å². The molecule has 0 aliphatic heterocycles. The van der Waals surface area contributed by atoms with Crippen molar-refractivity contribution in [1.29, 1.82) is 0 Å². The number of hydrogen-bond acceptors (Lipinski definition) is 1. The molecule has 0 aliphatic rings. The van der Waals surface area contributed by atoms with Crippen LogP contribution in [0.2, 0.25) is 0 Å². The topological polar surface area (TPSA) is 29.1 Å². The summed E-state index contributed by atoms with van der Waals surface area (Å²) in [4.78, 5) is 0. The van der Waals surface area contributed by atoms with E-state index in [0.29, 0.717) is 0 Å². The molecule has 0 radical (unpaired) electrons. The zero-order valence-corrected chi connectivity index (χ0v) is 15.6. The highest BCUT2D eigenvalue weighted by Gasteiger charge is 2.30. The Labute approximate surface area is 150 Å². The second-order valence-electron chi connectivity index (χ2n) is 6.28. The molecular formula is C22H24NOP. The van der Waals surface area contributed by atoms with Crippen LogP contribution in [0.25, 0.3) is 0 Å². The van der Waals surface area contributed by atoms with Gasteiger partial charge in [-0.15, -0.1) is 0 Å². The standard InChI is InChI=1S/C22H24NOP/c1-3-22(19-12-10-11-18(2)17-19)23-25(24,20-13-6-4-7-14-20)21-15-8-5-9-16-21/h4-17,22H,3H2,1-2H3,(H,23,24). The van der Waals surface area contributed by atoms with Crippen molar-refractivity contribution in [3.8, 4) is 0 Å². The number of aryl methyl sites for hydroxylation is 1. The monoisotopic (exact) mass is 349 g/mol. The highest BCUT2D eigenvalue weighted by molar-refractivity contribution is 7.76. The van der Waals surface area contributed by atoms with Gasteiger partial charge in [0.15, 0.2) is 0 Å². The maximum absolute atomic E-state index is 14.1. The molecule has 0 aliphatic carbocycles. The van der Waals surface area contributed by atoms with E-state index in [1.807, 2.05) is 60.7 Å². The summed E-state index contributed by atoms with van der Waals surface area (Å²) in [5.41, 5.74) is 2.39. The van der Waals surface area contributed by atoms with Gasteiger partial charge in [-0.2, -0.15) is 0 Å². The molecule has 25 heavy (non-hydrogen) atoms. The molecule has 0 fully saturated rings. The van der Waals surface area contributed by atoms with Gasteiger partial charge in [0.05, 0.1) is 0 Å². The summed E-state index contributed by atoms with van der Waals surface area (Å²) >= 11 is 0. The van der Waals surface area contributed by atoms with Gasteiger partial charge in [0.25, 0.3) is 0 Å². The Bertz CT molecular complexity index is 818. The summed E-state index contributed by atoms with van der Waals surface area (Å²) < 4.78 is 14.1. The molecule has 128 valence electrons. The molecule has 1 unspecified atom stereocenters. The first-order chi connectivity index (χ1) is 12.1. The molecule has 0 bridgehead atoms. The lowest BCUT2D eigenvalue weighted by atomic mass is 10.0. The first-order valence-corrected chi connectivity index (χ1v) is 10.4. The van der Waals surface area contributed by atoms with Crippen LogP contribution in [-0.4, -0.2) is 0 Å². The number of benzene rings is 3. The minimum Gasteiger partial charge on any atom is -0.297 e. The largest absolute Gasteiger partial charge is 0.297 e. The predicted octanol–water partition coefficient (Wildman–Crippen LogP) is 4.96. The maximum Gasteiger partial charge on any atom is 0.205 e. The van der Waals surface area contributed by atoms with E-state index in [1.54, 1.807) is 0 Å². The molecule has 3 aromatic rings. The molecule has 1 atom stereocenters. The Morgan fingerprint density at radius 1 is 0.840 bits per heavy atom. The van der Waals surface area contributed by atoms with Crippen LogP contribution in [0.1, 0.15) is 30.5 Å². The summed E-state index contributed by atoms with van der Waals surface area (Å²) in [5.74, 6) is 0. The van der Waals surface area contributed by atoms with E-state index in [1.165, 1.54) is 11.1 Å². The Morgan fingerprint density at radius 3 is 1.88 bits per heavy atom. The summed E-state index contributed by atoms with van der Waals surface area (Å²) in [5, 5.41) is 5.19. The van der Waals surface area contributed by atoms with Crippen molar-refractivity contribution in [2.45, 2.75) is 26.3 Å². The SMILES string of the molecule is CCC(NP(=O)(c1ccccc1)c1ccccc1)c1cccc(C)c1. The third-order valence-electron chi connectivity index (χ3n) is 4.43. The lowest BCUT2D eigenvalue weighted by molar-refractivity contribution is 0.555. The van der Waals surface area contributed by atoms with Crippen LogP contribution in [0.15, 0.2) is 84.9 Å². The Kier molecular flexibility index (Phi) is 5.53. The lowest BCUT2D eigenvalue weighted by Crippen LogP contribution is -2.30. The van der Waals surface area contributed by atoms with E-state index in [9.17, 15) is 4.57 Å². The van der Waals surface area contributed by atoms with Crippen molar-refractivity contribution in [3.63, 3.8) is 0 Å². The van der Waals surface area contributed by atoms with Gasteiger partial charge in [-0.1, -0.05) is 73.2 Å². The van der Waals surface area contributed by atoms with Crippen LogP contribution in [0.5, 0.6) is 0 Å². The van der Waals surface area contributed by atoms with Crippen molar-refractivity contribution in [1.82, 2.24) is 5.09 Å². The van der Waals surface area contributed by atoms with Gasteiger partial charge in [0, 0.05) is 16.7 Å². The zero-order chi connectivity index (χ0) is 17.7. The van der Waals surface area contributed by atoms with E-state index < -0.39 is 7.29 Å². The molecule has 0 saturated carbocycles. The first-order valence-electron chi connectivity index (χ1n) is 8.69. The van der Waals surface area contributed by atoms with Gasteiger partial charge in [-0.05, 0) is 43.2 Å². The molecule has 3 heteroatoms. The van der Waals surface area contributed by atoms with Gasteiger partial charge < -0.3 is 0 Å². The van der Waals surface area contributed by atoms with Crippen molar-refractivity contribution in [2.24, 2.45) is 0 Å². The first kappa shape index (κ1) is 17.7. The smallest absolute Gasteiger partial charge is 0.205 e. The van der Waals surface area contributed by atoms with Crippen LogP contribution in [0.3, 0.4) is 0 Å². The summed E-state index contributed by atoms with van der Waals surface area (Å²) in [6.07, 6.45) is 0.868. The summed E-state index contributed by atoms with van der Waals surface area (Å²) in [7, 11) is -2.93. The quantitative estimate of drug-likeness (QED) is 0.637. The van der Waals surface area contributed by atoms with Crippen LogP contribution < -0.4 is 15.7 Å². The Hall–Kier alpha value is -2.15. The van der Waals surface area contributed by atoms with Crippen molar-refractivity contribution >= 4 is 17.9 Å². The van der Waals surface area contributed by atoms with Crippen LogP contribution in [0.4, 0.5) is 0 Å². The van der Waals surface area contributed by atoms with Crippen molar-refractivity contribution in [3.05, 3.63) is 96.1 Å². The molecule has 0 aromatic heterocycles. The fourth-order valence-corrected chi connectivity index (χ4v) is 5.63. The third kappa shape index (κ3) is 3.92. The molecular weight excluding hydrogens is 325 g/mol. The predicted molar refractivity (Wildman–Crippen MR) is 107 cm³/mol. The van der Waals surface area contributed by atoms with E-state index in [0.717, 1.165) is 17.0 Å². The fraction of sp³-hybridized carbons (Fsp3) is 0.182. The van der Waals surface area contributed by atoms with E-state index in [2.05, 4.69) is 43.2 Å². The number of nitrogens with one attached hydrogen (secondary N) is 1. The molecule has 3 rings (SSSR count). The molecule has 0 heterocycles. The highest BCUT2D eigenvalue weighted by atomic mass is 31.2. The Morgan fingerprint density at radius 2 is 1.40 bits per heavy atom. The average molecular weight is 349 g/mol. The molecule has 3 aromatic carbocycles. The molecule has 2 nitrogen and oxygen atoms in total. The van der Waals surface area contributed by atoms with Gasteiger partial charge in [-0.3, -0.25) is 9.65 Å². The lowest BCUT2D eigenvalue weighted by Gasteiger charge is -2.27. The average Bonchev–Trinajstić information content (AvgIpc) is 2.67. The minimum atomic E-state index is -2.93. The van der Waals surface area contributed by atoms with E-state index >= 15 is 0 Å². The Balaban J connectivity index is 2.05. The molecule has 0 spiro atoms. The van der Waals surface area contributed by atoms with Crippen LogP contribution in [0, 0.1) is 6.92 Å².